The fourth-order valence-electron chi connectivity index (χ4n) is 1.95. The standard InChI is InChI=1S/C17H11BrF4N2O4/c1-27-16(26)14(15(25)13-11(18)3-2-4-12(13)19)24-23-9-5-7-10(8-6-9)28-17(20,21)22/h2-8,25H,1H3/b15-14-,24-23?. The topological polar surface area (TPSA) is 80.5 Å². The fourth-order valence-corrected chi connectivity index (χ4v) is 2.48. The molecule has 28 heavy (non-hydrogen) atoms. The number of halogens is 5. The number of hydrogen-bond donors (Lipinski definition) is 1. The molecule has 0 aliphatic carbocycles. The maximum Gasteiger partial charge on any atom is 0.573 e. The number of alkyl halides is 3. The zero-order valence-electron chi connectivity index (χ0n) is 14.0. The number of benzene rings is 2. The van der Waals surface area contributed by atoms with Crippen LogP contribution in [0.3, 0.4) is 0 Å². The van der Waals surface area contributed by atoms with E-state index in [0.29, 0.717) is 0 Å². The van der Waals surface area contributed by atoms with Gasteiger partial charge in [-0.05, 0) is 52.3 Å². The first-order valence-corrected chi connectivity index (χ1v) is 8.15. The van der Waals surface area contributed by atoms with E-state index in [9.17, 15) is 27.5 Å². The van der Waals surface area contributed by atoms with Crippen molar-refractivity contribution in [2.24, 2.45) is 10.2 Å². The van der Waals surface area contributed by atoms with Gasteiger partial charge in [0.1, 0.15) is 11.6 Å². The van der Waals surface area contributed by atoms with Crippen LogP contribution >= 0.6 is 15.9 Å². The van der Waals surface area contributed by atoms with Crippen LogP contribution in [0.4, 0.5) is 23.2 Å². The molecule has 0 aliphatic heterocycles. The Balaban J connectivity index is 2.38. The number of rotatable bonds is 5. The molecule has 0 aliphatic rings. The van der Waals surface area contributed by atoms with Gasteiger partial charge in [0.25, 0.3) is 0 Å². The van der Waals surface area contributed by atoms with Crippen LogP contribution in [0.15, 0.2) is 62.9 Å². The van der Waals surface area contributed by atoms with Gasteiger partial charge in [0.05, 0.1) is 18.4 Å². The van der Waals surface area contributed by atoms with E-state index < -0.39 is 35.4 Å². The van der Waals surface area contributed by atoms with E-state index in [4.69, 9.17) is 0 Å². The molecule has 0 saturated carbocycles. The zero-order chi connectivity index (χ0) is 20.9. The van der Waals surface area contributed by atoms with Crippen molar-refractivity contribution >= 4 is 33.3 Å². The summed E-state index contributed by atoms with van der Waals surface area (Å²) in [4.78, 5) is 11.9. The molecule has 148 valence electrons. The van der Waals surface area contributed by atoms with E-state index in [-0.39, 0.29) is 15.7 Å². The summed E-state index contributed by atoms with van der Waals surface area (Å²) in [6, 6.07) is 8.10. The highest BCUT2D eigenvalue weighted by Crippen LogP contribution is 2.30. The third kappa shape index (κ3) is 5.52. The lowest BCUT2D eigenvalue weighted by Gasteiger charge is -2.08. The Morgan fingerprint density at radius 2 is 1.79 bits per heavy atom. The van der Waals surface area contributed by atoms with Crippen molar-refractivity contribution in [3.05, 3.63) is 64.0 Å². The molecule has 0 amide bonds. The molecule has 2 rings (SSSR count). The van der Waals surface area contributed by atoms with Crippen molar-refractivity contribution in [1.82, 2.24) is 0 Å². The minimum atomic E-state index is -4.84. The molecule has 0 atom stereocenters. The summed E-state index contributed by atoms with van der Waals surface area (Å²) in [6.45, 7) is 0. The number of carbonyl (C=O) groups is 1. The van der Waals surface area contributed by atoms with Gasteiger partial charge in [0, 0.05) is 4.47 Å². The van der Waals surface area contributed by atoms with Gasteiger partial charge >= 0.3 is 12.3 Å². The summed E-state index contributed by atoms with van der Waals surface area (Å²) in [5.74, 6) is -3.25. The Bertz CT molecular complexity index is 907. The molecule has 0 bridgehead atoms. The molecule has 11 heteroatoms. The number of hydrogen-bond acceptors (Lipinski definition) is 6. The van der Waals surface area contributed by atoms with Crippen LogP contribution in [0.25, 0.3) is 5.76 Å². The largest absolute Gasteiger partial charge is 0.573 e. The van der Waals surface area contributed by atoms with Gasteiger partial charge in [-0.1, -0.05) is 6.07 Å². The first-order chi connectivity index (χ1) is 13.1. The molecule has 0 heterocycles. The van der Waals surface area contributed by atoms with Gasteiger partial charge in [0.15, 0.2) is 5.76 Å². The number of nitrogens with zero attached hydrogens (tertiary/aromatic N) is 2. The molecular formula is C17H11BrF4N2O4. The predicted octanol–water partition coefficient (Wildman–Crippen LogP) is 5.67. The average Bonchev–Trinajstić information content (AvgIpc) is 2.61. The van der Waals surface area contributed by atoms with Crippen LogP contribution in [0.2, 0.25) is 0 Å². The first kappa shape index (κ1) is 21.4. The summed E-state index contributed by atoms with van der Waals surface area (Å²) in [7, 11) is 1.02. The first-order valence-electron chi connectivity index (χ1n) is 7.36. The smallest absolute Gasteiger partial charge is 0.505 e. The van der Waals surface area contributed by atoms with Crippen LogP contribution < -0.4 is 4.74 Å². The molecule has 0 saturated heterocycles. The lowest BCUT2D eigenvalue weighted by Crippen LogP contribution is -2.16. The number of aliphatic hydroxyl groups excluding tert-OH is 1. The maximum atomic E-state index is 14.0. The summed E-state index contributed by atoms with van der Waals surface area (Å²) in [5, 5.41) is 17.5. The number of aliphatic hydroxyl groups is 1. The van der Waals surface area contributed by atoms with Crippen molar-refractivity contribution in [1.29, 1.82) is 0 Å². The van der Waals surface area contributed by atoms with Crippen molar-refractivity contribution in [2.45, 2.75) is 6.36 Å². The molecule has 0 unspecified atom stereocenters. The van der Waals surface area contributed by atoms with Crippen LogP contribution in [0.1, 0.15) is 5.56 Å². The number of methoxy groups -OCH3 is 1. The third-order valence-electron chi connectivity index (χ3n) is 3.14. The zero-order valence-corrected chi connectivity index (χ0v) is 15.6. The Kier molecular flexibility index (Phi) is 6.73. The predicted molar refractivity (Wildman–Crippen MR) is 93.3 cm³/mol. The summed E-state index contributed by atoms with van der Waals surface area (Å²) in [6.07, 6.45) is -4.84. The van der Waals surface area contributed by atoms with Gasteiger partial charge in [0.2, 0.25) is 5.70 Å². The van der Waals surface area contributed by atoms with E-state index in [2.05, 4.69) is 35.6 Å². The SMILES string of the molecule is COC(=O)/C(N=Nc1ccc(OC(F)(F)F)cc1)=C(/O)c1c(F)cccc1Br. The van der Waals surface area contributed by atoms with Gasteiger partial charge in [-0.3, -0.25) is 0 Å². The van der Waals surface area contributed by atoms with Gasteiger partial charge < -0.3 is 14.6 Å². The second kappa shape index (κ2) is 8.83. The quantitative estimate of drug-likeness (QED) is 0.204. The lowest BCUT2D eigenvalue weighted by molar-refractivity contribution is -0.274. The number of ether oxygens (including phenoxy) is 2. The molecule has 6 nitrogen and oxygen atoms in total. The summed E-state index contributed by atoms with van der Waals surface area (Å²) in [5.41, 5.74) is -1.00. The Morgan fingerprint density at radius 3 is 2.32 bits per heavy atom. The van der Waals surface area contributed by atoms with Crippen molar-refractivity contribution in [2.75, 3.05) is 7.11 Å². The van der Waals surface area contributed by atoms with E-state index in [1.165, 1.54) is 12.1 Å². The van der Waals surface area contributed by atoms with Crippen LogP contribution in [-0.2, 0) is 9.53 Å². The molecule has 0 aromatic heterocycles. The van der Waals surface area contributed by atoms with E-state index in [0.717, 1.165) is 37.4 Å². The molecule has 1 N–H and O–H groups in total. The molecular weight excluding hydrogens is 452 g/mol. The summed E-state index contributed by atoms with van der Waals surface area (Å²) < 4.78 is 58.9. The monoisotopic (exact) mass is 462 g/mol. The fraction of sp³-hybridized carbons (Fsp3) is 0.118. The maximum absolute atomic E-state index is 14.0. The average molecular weight is 463 g/mol. The minimum Gasteiger partial charge on any atom is -0.505 e. The van der Waals surface area contributed by atoms with Crippen LogP contribution in [-0.4, -0.2) is 24.5 Å². The molecule has 0 radical (unpaired) electrons. The summed E-state index contributed by atoms with van der Waals surface area (Å²) >= 11 is 3.05. The van der Waals surface area contributed by atoms with Crippen LogP contribution in [0, 0.1) is 5.82 Å². The van der Waals surface area contributed by atoms with E-state index in [1.807, 2.05) is 0 Å². The molecule has 0 spiro atoms. The third-order valence-corrected chi connectivity index (χ3v) is 3.80. The second-order valence-corrected chi connectivity index (χ2v) is 5.88. The lowest BCUT2D eigenvalue weighted by atomic mass is 10.1. The van der Waals surface area contributed by atoms with Crippen molar-refractivity contribution < 1.29 is 36.9 Å². The van der Waals surface area contributed by atoms with E-state index in [1.54, 1.807) is 0 Å². The molecule has 0 fully saturated rings. The second-order valence-electron chi connectivity index (χ2n) is 5.03. The number of carbonyl (C=O) groups excluding carboxylic acids is 1. The Labute approximate surface area is 164 Å². The minimum absolute atomic E-state index is 0.0383. The van der Waals surface area contributed by atoms with Crippen molar-refractivity contribution in [3.8, 4) is 5.75 Å². The number of esters is 1. The van der Waals surface area contributed by atoms with Crippen LogP contribution in [0.5, 0.6) is 5.75 Å². The Hall–Kier alpha value is -2.95. The van der Waals surface area contributed by atoms with E-state index >= 15 is 0 Å². The molecule has 2 aromatic rings. The highest BCUT2D eigenvalue weighted by atomic mass is 79.9. The highest BCUT2D eigenvalue weighted by Gasteiger charge is 2.31. The van der Waals surface area contributed by atoms with Gasteiger partial charge in [-0.2, -0.15) is 5.11 Å². The number of azo groups is 1. The van der Waals surface area contributed by atoms with Crippen molar-refractivity contribution in [3.63, 3.8) is 0 Å². The van der Waals surface area contributed by atoms with Gasteiger partial charge in [-0.15, -0.1) is 18.3 Å². The van der Waals surface area contributed by atoms with Gasteiger partial charge in [-0.25, -0.2) is 9.18 Å². The highest BCUT2D eigenvalue weighted by molar-refractivity contribution is 9.10. The Morgan fingerprint density at radius 1 is 1.14 bits per heavy atom. The molecule has 2 aromatic carbocycles. The normalized spacial score (nSPS) is 12.6.